The summed E-state index contributed by atoms with van der Waals surface area (Å²) in [5.74, 6) is 1.24. The third-order valence-electron chi connectivity index (χ3n) is 2.33. The summed E-state index contributed by atoms with van der Waals surface area (Å²) < 4.78 is 0. The average molecular weight is 230 g/mol. The summed E-state index contributed by atoms with van der Waals surface area (Å²) >= 11 is 0. The van der Waals surface area contributed by atoms with Crippen LogP contribution in [0.5, 0.6) is 0 Å². The third kappa shape index (κ3) is 4.49. The van der Waals surface area contributed by atoms with Gasteiger partial charge in [-0.2, -0.15) is 0 Å². The molecule has 0 saturated heterocycles. The van der Waals surface area contributed by atoms with Crippen LogP contribution in [0.3, 0.4) is 0 Å². The normalized spacial score (nSPS) is 12.3. The van der Waals surface area contributed by atoms with E-state index >= 15 is 0 Å². The first-order chi connectivity index (χ1) is 6.61. The lowest BCUT2D eigenvalue weighted by molar-refractivity contribution is 0.507. The highest BCUT2D eigenvalue weighted by molar-refractivity contribution is 5.85. The molecule has 1 rings (SSSR count). The smallest absolute Gasteiger partial charge is 0.128 e. The molecule has 0 aromatic carbocycles. The number of anilines is 1. The molecule has 1 aromatic heterocycles. The van der Waals surface area contributed by atoms with E-state index in [1.165, 1.54) is 0 Å². The molecule has 1 aromatic rings. The topological polar surface area (TPSA) is 64.9 Å². The highest BCUT2D eigenvalue weighted by Crippen LogP contribution is 2.21. The second-order valence-electron chi connectivity index (χ2n) is 4.06. The minimum absolute atomic E-state index is 0. The summed E-state index contributed by atoms with van der Waals surface area (Å²) in [5.41, 5.74) is 12.7. The molecule has 3 nitrogen and oxygen atoms in total. The fourth-order valence-corrected chi connectivity index (χ4v) is 1.41. The molecule has 4 N–H and O–H groups in total. The molecule has 0 saturated carbocycles. The number of halogens is 1. The zero-order valence-electron chi connectivity index (χ0n) is 9.31. The van der Waals surface area contributed by atoms with Gasteiger partial charge in [0.15, 0.2) is 0 Å². The summed E-state index contributed by atoms with van der Waals surface area (Å²) in [5, 5.41) is 0. The van der Waals surface area contributed by atoms with Crippen molar-refractivity contribution in [2.45, 2.75) is 32.7 Å². The van der Waals surface area contributed by atoms with E-state index in [1.807, 2.05) is 12.1 Å². The van der Waals surface area contributed by atoms with Crippen molar-refractivity contribution >= 4 is 18.2 Å². The second kappa shape index (κ2) is 6.64. The first-order valence-corrected chi connectivity index (χ1v) is 5.07. The number of rotatable bonds is 4. The Balaban J connectivity index is 0.00000196. The Morgan fingerprint density at radius 3 is 2.53 bits per heavy atom. The molecule has 0 unspecified atom stereocenters. The van der Waals surface area contributed by atoms with Crippen molar-refractivity contribution in [3.8, 4) is 0 Å². The monoisotopic (exact) mass is 229 g/mol. The van der Waals surface area contributed by atoms with E-state index in [-0.39, 0.29) is 18.4 Å². The fourth-order valence-electron chi connectivity index (χ4n) is 1.41. The van der Waals surface area contributed by atoms with Crippen molar-refractivity contribution < 1.29 is 0 Å². The molecule has 1 heterocycles. The van der Waals surface area contributed by atoms with Gasteiger partial charge in [0.25, 0.3) is 0 Å². The van der Waals surface area contributed by atoms with Crippen molar-refractivity contribution in [2.24, 2.45) is 11.7 Å². The zero-order valence-corrected chi connectivity index (χ0v) is 10.1. The van der Waals surface area contributed by atoms with Crippen molar-refractivity contribution in [3.05, 3.63) is 23.9 Å². The van der Waals surface area contributed by atoms with Crippen molar-refractivity contribution in [1.29, 1.82) is 0 Å². The summed E-state index contributed by atoms with van der Waals surface area (Å²) in [6, 6.07) is 3.85. The molecule has 0 fully saturated rings. The van der Waals surface area contributed by atoms with Gasteiger partial charge in [-0.05, 0) is 24.8 Å². The van der Waals surface area contributed by atoms with Crippen LogP contribution in [0, 0.1) is 5.92 Å². The van der Waals surface area contributed by atoms with Crippen LogP contribution in [0.25, 0.3) is 0 Å². The number of nitrogens with two attached hydrogens (primary N) is 2. The van der Waals surface area contributed by atoms with Gasteiger partial charge in [-0.15, -0.1) is 12.4 Å². The van der Waals surface area contributed by atoms with Crippen molar-refractivity contribution in [2.75, 3.05) is 5.73 Å². The van der Waals surface area contributed by atoms with E-state index in [9.17, 15) is 0 Å². The lowest BCUT2D eigenvalue weighted by Gasteiger charge is -2.14. The predicted octanol–water partition coefficient (Wildman–Crippen LogP) is 2.52. The quantitative estimate of drug-likeness (QED) is 0.834. The van der Waals surface area contributed by atoms with Gasteiger partial charge in [-0.1, -0.05) is 19.9 Å². The van der Waals surface area contributed by atoms with Crippen LogP contribution >= 0.6 is 12.4 Å². The number of pyridine rings is 1. The molecule has 0 radical (unpaired) electrons. The molecule has 15 heavy (non-hydrogen) atoms. The molecule has 0 aliphatic heterocycles. The Kier molecular flexibility index (Phi) is 6.29. The van der Waals surface area contributed by atoms with Crippen LogP contribution in [-0.4, -0.2) is 4.98 Å². The van der Waals surface area contributed by atoms with Crippen LogP contribution in [0.4, 0.5) is 5.82 Å². The molecule has 0 spiro atoms. The summed E-state index contributed by atoms with van der Waals surface area (Å²) in [6.45, 7) is 4.39. The molecule has 86 valence electrons. The van der Waals surface area contributed by atoms with Gasteiger partial charge >= 0.3 is 0 Å². The number of nitrogen functional groups attached to an aromatic ring is 1. The standard InChI is InChI=1S/C11H19N3.ClH/c1-8(2)5-6-10(12)9-4-3-7-14-11(9)13;/h3-4,7-8,10H,5-6,12H2,1-2H3,(H2,13,14);1H/t10-;/m0./s1. The van der Waals surface area contributed by atoms with E-state index in [1.54, 1.807) is 6.20 Å². The van der Waals surface area contributed by atoms with Crippen molar-refractivity contribution in [3.63, 3.8) is 0 Å². The van der Waals surface area contributed by atoms with Gasteiger partial charge in [0.05, 0.1) is 0 Å². The van der Waals surface area contributed by atoms with E-state index in [2.05, 4.69) is 18.8 Å². The van der Waals surface area contributed by atoms with Crippen molar-refractivity contribution in [1.82, 2.24) is 4.98 Å². The summed E-state index contributed by atoms with van der Waals surface area (Å²) in [6.07, 6.45) is 3.77. The molecular weight excluding hydrogens is 210 g/mol. The highest BCUT2D eigenvalue weighted by atomic mass is 35.5. The summed E-state index contributed by atoms with van der Waals surface area (Å²) in [4.78, 5) is 4.03. The molecule has 0 aliphatic rings. The lowest BCUT2D eigenvalue weighted by Crippen LogP contribution is -2.13. The van der Waals surface area contributed by atoms with Crippen LogP contribution in [0.2, 0.25) is 0 Å². The third-order valence-corrected chi connectivity index (χ3v) is 2.33. The molecule has 4 heteroatoms. The van der Waals surface area contributed by atoms with Gasteiger partial charge in [-0.25, -0.2) is 4.98 Å². The minimum Gasteiger partial charge on any atom is -0.383 e. The number of nitrogens with zero attached hydrogens (tertiary/aromatic N) is 1. The first kappa shape index (κ1) is 14.2. The maximum absolute atomic E-state index is 6.02. The van der Waals surface area contributed by atoms with E-state index in [0.29, 0.717) is 11.7 Å². The van der Waals surface area contributed by atoms with Crippen LogP contribution < -0.4 is 11.5 Å². The Labute approximate surface area is 97.7 Å². The maximum Gasteiger partial charge on any atom is 0.128 e. The number of hydrogen-bond donors (Lipinski definition) is 2. The Morgan fingerprint density at radius 1 is 1.33 bits per heavy atom. The van der Waals surface area contributed by atoms with E-state index in [4.69, 9.17) is 11.5 Å². The van der Waals surface area contributed by atoms with E-state index < -0.39 is 0 Å². The molecular formula is C11H20ClN3. The molecule has 1 atom stereocenters. The predicted molar refractivity (Wildman–Crippen MR) is 66.9 cm³/mol. The van der Waals surface area contributed by atoms with Gasteiger partial charge in [0, 0.05) is 17.8 Å². The van der Waals surface area contributed by atoms with Gasteiger partial charge in [0.1, 0.15) is 5.82 Å². The minimum atomic E-state index is 0. The zero-order chi connectivity index (χ0) is 10.6. The first-order valence-electron chi connectivity index (χ1n) is 5.07. The van der Waals surface area contributed by atoms with Gasteiger partial charge in [0.2, 0.25) is 0 Å². The Bertz CT molecular complexity index is 289. The van der Waals surface area contributed by atoms with Gasteiger partial charge < -0.3 is 11.5 Å². The number of hydrogen-bond acceptors (Lipinski definition) is 3. The molecule has 0 bridgehead atoms. The SMILES string of the molecule is CC(C)CC[C@H](N)c1cccnc1N.Cl. The van der Waals surface area contributed by atoms with Crippen LogP contribution in [-0.2, 0) is 0 Å². The number of aromatic nitrogens is 1. The molecule has 0 amide bonds. The molecule has 0 aliphatic carbocycles. The maximum atomic E-state index is 6.02. The van der Waals surface area contributed by atoms with E-state index in [0.717, 1.165) is 18.4 Å². The fraction of sp³-hybridized carbons (Fsp3) is 0.545. The highest BCUT2D eigenvalue weighted by Gasteiger charge is 2.10. The summed E-state index contributed by atoms with van der Waals surface area (Å²) in [7, 11) is 0. The largest absolute Gasteiger partial charge is 0.383 e. The van der Waals surface area contributed by atoms with Crippen LogP contribution in [0.15, 0.2) is 18.3 Å². The van der Waals surface area contributed by atoms with Crippen LogP contribution in [0.1, 0.15) is 38.3 Å². The Morgan fingerprint density at radius 2 is 2.00 bits per heavy atom. The van der Waals surface area contributed by atoms with Gasteiger partial charge in [-0.3, -0.25) is 0 Å². The Hall–Kier alpha value is -0.800. The second-order valence-corrected chi connectivity index (χ2v) is 4.06. The average Bonchev–Trinajstić information content (AvgIpc) is 2.15. The lowest BCUT2D eigenvalue weighted by atomic mass is 9.99.